The minimum absolute atomic E-state index is 0.484. The molecule has 0 aromatic heterocycles. The number of hydrogen-bond acceptors (Lipinski definition) is 4. The van der Waals surface area contributed by atoms with Crippen LogP contribution in [0.5, 0.6) is 11.5 Å². The average molecular weight is 267 g/mol. The number of ether oxygens (including phenoxy) is 2. The first-order valence-corrected chi connectivity index (χ1v) is 5.61. The van der Waals surface area contributed by atoms with E-state index in [1.165, 1.54) is 26.2 Å². The van der Waals surface area contributed by atoms with Gasteiger partial charge in [-0.25, -0.2) is 0 Å². The number of methoxy groups -OCH3 is 2. The Balaban J connectivity index is 3.12. The normalized spacial score (nSPS) is 9.89. The molecule has 0 unspecified atom stereocenters. The van der Waals surface area contributed by atoms with Crippen molar-refractivity contribution < 1.29 is 24.2 Å². The summed E-state index contributed by atoms with van der Waals surface area (Å²) in [6.45, 7) is 1.81. The van der Waals surface area contributed by atoms with E-state index in [4.69, 9.17) is 14.6 Å². The summed E-state index contributed by atoms with van der Waals surface area (Å²) in [6.07, 6.45) is -0.551. The van der Waals surface area contributed by atoms with Gasteiger partial charge in [-0.3, -0.25) is 9.59 Å². The van der Waals surface area contributed by atoms with Crippen molar-refractivity contribution in [2.75, 3.05) is 26.2 Å². The molecule has 0 saturated heterocycles. The maximum Gasteiger partial charge on any atom is 0.312 e. The lowest BCUT2D eigenvalue weighted by Crippen LogP contribution is -2.28. The SMILES string of the molecule is COc1cc(C)c(N(C)C(=O)CC(=O)O)cc1OC. The Morgan fingerprint density at radius 2 is 1.74 bits per heavy atom. The molecule has 0 aliphatic heterocycles. The summed E-state index contributed by atoms with van der Waals surface area (Å²) >= 11 is 0. The Morgan fingerprint density at radius 3 is 2.21 bits per heavy atom. The van der Waals surface area contributed by atoms with E-state index in [0.717, 1.165) is 5.56 Å². The van der Waals surface area contributed by atoms with Gasteiger partial charge in [-0.15, -0.1) is 0 Å². The van der Waals surface area contributed by atoms with Crippen LogP contribution in [0.15, 0.2) is 12.1 Å². The van der Waals surface area contributed by atoms with Crippen LogP contribution in [-0.4, -0.2) is 38.3 Å². The van der Waals surface area contributed by atoms with Crippen molar-refractivity contribution in [1.82, 2.24) is 0 Å². The zero-order valence-electron chi connectivity index (χ0n) is 11.4. The quantitative estimate of drug-likeness (QED) is 0.817. The van der Waals surface area contributed by atoms with Gasteiger partial charge in [-0.05, 0) is 18.6 Å². The molecule has 1 aromatic rings. The van der Waals surface area contributed by atoms with Crippen LogP contribution in [0.1, 0.15) is 12.0 Å². The highest BCUT2D eigenvalue weighted by atomic mass is 16.5. The molecular weight excluding hydrogens is 250 g/mol. The predicted octanol–water partition coefficient (Wildman–Crippen LogP) is 1.45. The third kappa shape index (κ3) is 3.37. The summed E-state index contributed by atoms with van der Waals surface area (Å²) in [4.78, 5) is 23.6. The number of anilines is 1. The van der Waals surface area contributed by atoms with Crippen LogP contribution in [0.3, 0.4) is 0 Å². The fourth-order valence-corrected chi connectivity index (χ4v) is 1.71. The van der Waals surface area contributed by atoms with Gasteiger partial charge in [-0.1, -0.05) is 0 Å². The van der Waals surface area contributed by atoms with Gasteiger partial charge in [-0.2, -0.15) is 0 Å². The molecule has 0 radical (unpaired) electrons. The number of hydrogen-bond donors (Lipinski definition) is 1. The summed E-state index contributed by atoms with van der Waals surface area (Å²) in [5.74, 6) is -0.612. The third-order valence-corrected chi connectivity index (χ3v) is 2.74. The second kappa shape index (κ2) is 6.08. The zero-order valence-corrected chi connectivity index (χ0v) is 11.4. The van der Waals surface area contributed by atoms with Gasteiger partial charge in [0.2, 0.25) is 5.91 Å². The van der Waals surface area contributed by atoms with E-state index < -0.39 is 18.3 Å². The van der Waals surface area contributed by atoms with Gasteiger partial charge in [0.1, 0.15) is 6.42 Å². The number of carbonyl (C=O) groups is 2. The molecule has 6 nitrogen and oxygen atoms in total. The van der Waals surface area contributed by atoms with Gasteiger partial charge >= 0.3 is 5.97 Å². The van der Waals surface area contributed by atoms with Crippen molar-refractivity contribution in [3.05, 3.63) is 17.7 Å². The fraction of sp³-hybridized carbons (Fsp3) is 0.385. The van der Waals surface area contributed by atoms with E-state index in [9.17, 15) is 9.59 Å². The lowest BCUT2D eigenvalue weighted by Gasteiger charge is -2.20. The smallest absolute Gasteiger partial charge is 0.312 e. The fourth-order valence-electron chi connectivity index (χ4n) is 1.71. The number of carboxylic acid groups (broad SMARTS) is 1. The molecule has 0 spiro atoms. The van der Waals surface area contributed by atoms with Crippen LogP contribution >= 0.6 is 0 Å². The third-order valence-electron chi connectivity index (χ3n) is 2.74. The van der Waals surface area contributed by atoms with Crippen LogP contribution in [0.4, 0.5) is 5.69 Å². The average Bonchev–Trinajstić information content (AvgIpc) is 2.36. The summed E-state index contributed by atoms with van der Waals surface area (Å²) in [5.41, 5.74) is 1.38. The topological polar surface area (TPSA) is 76.1 Å². The summed E-state index contributed by atoms with van der Waals surface area (Å²) < 4.78 is 10.3. The number of carbonyl (C=O) groups excluding carboxylic acids is 1. The molecule has 1 aromatic carbocycles. The van der Waals surface area contributed by atoms with Crippen molar-refractivity contribution >= 4 is 17.6 Å². The maximum atomic E-state index is 11.7. The summed E-state index contributed by atoms with van der Waals surface area (Å²) in [7, 11) is 4.55. The first-order chi connectivity index (χ1) is 8.90. The maximum absolute atomic E-state index is 11.7. The van der Waals surface area contributed by atoms with Crippen LogP contribution in [0.2, 0.25) is 0 Å². The Hall–Kier alpha value is -2.24. The highest BCUT2D eigenvalue weighted by Crippen LogP contribution is 2.34. The minimum atomic E-state index is -1.16. The Labute approximate surface area is 111 Å². The van der Waals surface area contributed by atoms with Crippen molar-refractivity contribution in [3.63, 3.8) is 0 Å². The van der Waals surface area contributed by atoms with Gasteiger partial charge in [0.05, 0.1) is 19.9 Å². The molecule has 0 aliphatic rings. The second-order valence-electron chi connectivity index (χ2n) is 4.02. The van der Waals surface area contributed by atoms with Crippen molar-refractivity contribution in [1.29, 1.82) is 0 Å². The number of aliphatic carboxylic acids is 1. The van der Waals surface area contributed by atoms with E-state index in [1.807, 2.05) is 6.92 Å². The molecule has 0 saturated carbocycles. The van der Waals surface area contributed by atoms with Gasteiger partial charge in [0, 0.05) is 13.1 Å². The molecule has 0 atom stereocenters. The second-order valence-corrected chi connectivity index (χ2v) is 4.02. The minimum Gasteiger partial charge on any atom is -0.493 e. The molecular formula is C13H17NO5. The molecule has 1 amide bonds. The van der Waals surface area contributed by atoms with E-state index in [1.54, 1.807) is 12.1 Å². The van der Waals surface area contributed by atoms with Gasteiger partial charge < -0.3 is 19.5 Å². The van der Waals surface area contributed by atoms with Crippen molar-refractivity contribution in [2.45, 2.75) is 13.3 Å². The number of rotatable bonds is 5. The van der Waals surface area contributed by atoms with Crippen molar-refractivity contribution in [3.8, 4) is 11.5 Å². The largest absolute Gasteiger partial charge is 0.493 e. The lowest BCUT2D eigenvalue weighted by atomic mass is 10.1. The molecule has 0 fully saturated rings. The van der Waals surface area contributed by atoms with Gasteiger partial charge in [0.25, 0.3) is 0 Å². The Bertz CT molecular complexity index is 498. The van der Waals surface area contributed by atoms with E-state index in [0.29, 0.717) is 17.2 Å². The highest BCUT2D eigenvalue weighted by molar-refractivity contribution is 6.03. The molecule has 104 valence electrons. The van der Waals surface area contributed by atoms with E-state index in [-0.39, 0.29) is 0 Å². The molecule has 1 N–H and O–H groups in total. The predicted molar refractivity (Wildman–Crippen MR) is 69.9 cm³/mol. The molecule has 6 heteroatoms. The molecule has 0 bridgehead atoms. The van der Waals surface area contributed by atoms with E-state index >= 15 is 0 Å². The monoisotopic (exact) mass is 267 g/mol. The van der Waals surface area contributed by atoms with Gasteiger partial charge in [0.15, 0.2) is 11.5 Å². The number of nitrogens with zero attached hydrogens (tertiary/aromatic N) is 1. The standard InChI is InChI=1S/C13H17NO5/c1-8-5-10(18-3)11(19-4)6-9(8)14(2)12(15)7-13(16)17/h5-6H,7H2,1-4H3,(H,16,17). The van der Waals surface area contributed by atoms with Crippen LogP contribution < -0.4 is 14.4 Å². The number of amides is 1. The molecule has 1 rings (SSSR count). The highest BCUT2D eigenvalue weighted by Gasteiger charge is 2.18. The van der Waals surface area contributed by atoms with Crippen LogP contribution in [-0.2, 0) is 9.59 Å². The number of aryl methyl sites for hydroxylation is 1. The molecule has 0 aliphatic carbocycles. The summed E-state index contributed by atoms with van der Waals surface area (Å²) in [6, 6.07) is 3.38. The first kappa shape index (κ1) is 14.8. The molecule has 0 heterocycles. The molecule has 19 heavy (non-hydrogen) atoms. The lowest BCUT2D eigenvalue weighted by molar-refractivity contribution is -0.140. The summed E-state index contributed by atoms with van der Waals surface area (Å²) in [5, 5.41) is 8.64. The zero-order chi connectivity index (χ0) is 14.6. The number of benzene rings is 1. The Kier molecular flexibility index (Phi) is 4.74. The van der Waals surface area contributed by atoms with Crippen LogP contribution in [0, 0.1) is 6.92 Å². The van der Waals surface area contributed by atoms with Crippen LogP contribution in [0.25, 0.3) is 0 Å². The first-order valence-electron chi connectivity index (χ1n) is 5.61. The van der Waals surface area contributed by atoms with E-state index in [2.05, 4.69) is 0 Å². The van der Waals surface area contributed by atoms with Crippen molar-refractivity contribution in [2.24, 2.45) is 0 Å². The number of carboxylic acids is 1. The Morgan fingerprint density at radius 1 is 1.21 bits per heavy atom.